The lowest BCUT2D eigenvalue weighted by Gasteiger charge is -2.20. The minimum Gasteiger partial charge on any atom is -0.497 e. The van der Waals surface area contributed by atoms with Gasteiger partial charge in [-0.25, -0.2) is 4.79 Å². The first-order chi connectivity index (χ1) is 12.5. The van der Waals surface area contributed by atoms with Crippen molar-refractivity contribution >= 4 is 5.69 Å². The van der Waals surface area contributed by atoms with Crippen molar-refractivity contribution in [2.24, 2.45) is 14.1 Å². The maximum absolute atomic E-state index is 12.3. The topological polar surface area (TPSA) is 65.7 Å². The third kappa shape index (κ3) is 4.48. The van der Waals surface area contributed by atoms with Crippen LogP contribution in [0.5, 0.6) is 11.5 Å². The van der Waals surface area contributed by atoms with Gasteiger partial charge in [-0.3, -0.25) is 9.36 Å². The fraction of sp³-hybridized carbons (Fsp3) is 0.368. The molecule has 26 heavy (non-hydrogen) atoms. The Morgan fingerprint density at radius 1 is 1.08 bits per heavy atom. The van der Waals surface area contributed by atoms with Crippen LogP contribution in [0.4, 0.5) is 5.69 Å². The average Bonchev–Trinajstić information content (AvgIpc) is 2.66. The fourth-order valence-electron chi connectivity index (χ4n) is 2.37. The number of benzene rings is 1. The lowest BCUT2D eigenvalue weighted by Crippen LogP contribution is -2.41. The van der Waals surface area contributed by atoms with Gasteiger partial charge in [-0.1, -0.05) is 11.8 Å². The van der Waals surface area contributed by atoms with Gasteiger partial charge in [0.25, 0.3) is 5.56 Å². The molecule has 1 heterocycles. The van der Waals surface area contributed by atoms with E-state index in [9.17, 15) is 9.59 Å². The van der Waals surface area contributed by atoms with Crippen molar-refractivity contribution in [1.82, 2.24) is 9.13 Å². The molecule has 0 bridgehead atoms. The molecule has 0 aliphatic rings. The molecule has 0 unspecified atom stereocenters. The largest absolute Gasteiger partial charge is 0.497 e. The SMILES string of the molecule is CCN(CC#CCOc1ccc(OC)cc1)c1cn(C)c(=O)n(C)c1=O. The standard InChI is InChI=1S/C19H23N3O4/c1-5-22(17-14-20(2)19(24)21(3)18(17)23)12-6-7-13-26-16-10-8-15(25-4)9-11-16/h8-11,14H,5,12-13H2,1-4H3. The van der Waals surface area contributed by atoms with Gasteiger partial charge in [0, 0.05) is 26.8 Å². The van der Waals surface area contributed by atoms with Crippen LogP contribution in [-0.2, 0) is 14.1 Å². The van der Waals surface area contributed by atoms with Gasteiger partial charge in [0.05, 0.1) is 13.7 Å². The second-order valence-corrected chi connectivity index (χ2v) is 5.60. The molecular formula is C19H23N3O4. The zero-order valence-electron chi connectivity index (χ0n) is 15.5. The average molecular weight is 357 g/mol. The van der Waals surface area contributed by atoms with Gasteiger partial charge in [-0.2, -0.15) is 0 Å². The van der Waals surface area contributed by atoms with Crippen LogP contribution in [0.25, 0.3) is 0 Å². The van der Waals surface area contributed by atoms with E-state index in [0.717, 1.165) is 10.3 Å². The summed E-state index contributed by atoms with van der Waals surface area (Å²) in [6.45, 7) is 3.15. The monoisotopic (exact) mass is 357 g/mol. The minimum atomic E-state index is -0.353. The molecule has 138 valence electrons. The normalized spacial score (nSPS) is 10.0. The molecule has 0 saturated heterocycles. The quantitative estimate of drug-likeness (QED) is 0.722. The molecule has 7 heteroatoms. The van der Waals surface area contributed by atoms with Crippen LogP contribution in [0.15, 0.2) is 40.1 Å². The van der Waals surface area contributed by atoms with Gasteiger partial charge in [-0.05, 0) is 31.2 Å². The zero-order valence-corrected chi connectivity index (χ0v) is 15.5. The van der Waals surface area contributed by atoms with Crippen molar-refractivity contribution in [3.8, 4) is 23.3 Å². The van der Waals surface area contributed by atoms with Gasteiger partial charge < -0.3 is 18.9 Å². The van der Waals surface area contributed by atoms with Gasteiger partial charge >= 0.3 is 5.69 Å². The molecule has 0 radical (unpaired) electrons. The van der Waals surface area contributed by atoms with Crippen LogP contribution in [0.1, 0.15) is 6.92 Å². The summed E-state index contributed by atoms with van der Waals surface area (Å²) in [6.07, 6.45) is 1.55. The Hall–Kier alpha value is -3.14. The molecule has 0 atom stereocenters. The summed E-state index contributed by atoms with van der Waals surface area (Å²) in [5, 5.41) is 0. The van der Waals surface area contributed by atoms with Crippen molar-refractivity contribution in [3.63, 3.8) is 0 Å². The van der Waals surface area contributed by atoms with Crippen LogP contribution in [0.3, 0.4) is 0 Å². The van der Waals surface area contributed by atoms with Gasteiger partial charge in [-0.15, -0.1) is 0 Å². The lowest BCUT2D eigenvalue weighted by molar-refractivity contribution is 0.367. The number of aromatic nitrogens is 2. The first kappa shape index (κ1) is 19.2. The van der Waals surface area contributed by atoms with Crippen molar-refractivity contribution in [1.29, 1.82) is 0 Å². The lowest BCUT2D eigenvalue weighted by atomic mass is 10.3. The summed E-state index contributed by atoms with van der Waals surface area (Å²) >= 11 is 0. The molecule has 2 aromatic rings. The van der Waals surface area contributed by atoms with Crippen LogP contribution < -0.4 is 25.6 Å². The molecule has 2 rings (SSSR count). The molecule has 0 spiro atoms. The highest BCUT2D eigenvalue weighted by atomic mass is 16.5. The summed E-state index contributed by atoms with van der Waals surface area (Å²) in [4.78, 5) is 25.9. The number of methoxy groups -OCH3 is 1. The number of hydrogen-bond donors (Lipinski definition) is 0. The van der Waals surface area contributed by atoms with E-state index in [1.165, 1.54) is 11.6 Å². The van der Waals surface area contributed by atoms with Crippen LogP contribution in [0, 0.1) is 11.8 Å². The Labute approximate surface area is 152 Å². The first-order valence-electron chi connectivity index (χ1n) is 8.22. The number of hydrogen-bond acceptors (Lipinski definition) is 5. The summed E-state index contributed by atoms with van der Waals surface area (Å²) in [5.41, 5.74) is -0.234. The summed E-state index contributed by atoms with van der Waals surface area (Å²) < 4.78 is 13.1. The number of anilines is 1. The number of ether oxygens (including phenoxy) is 2. The summed E-state index contributed by atoms with van der Waals surface area (Å²) in [6, 6.07) is 7.26. The Morgan fingerprint density at radius 3 is 2.35 bits per heavy atom. The van der Waals surface area contributed by atoms with E-state index in [1.807, 2.05) is 36.1 Å². The van der Waals surface area contributed by atoms with E-state index >= 15 is 0 Å². The maximum atomic E-state index is 12.3. The first-order valence-corrected chi connectivity index (χ1v) is 8.22. The van der Waals surface area contributed by atoms with Crippen molar-refractivity contribution in [2.75, 3.05) is 31.7 Å². The Morgan fingerprint density at radius 2 is 1.73 bits per heavy atom. The van der Waals surface area contributed by atoms with E-state index in [0.29, 0.717) is 24.5 Å². The van der Waals surface area contributed by atoms with E-state index < -0.39 is 0 Å². The Bertz CT molecular complexity index is 917. The van der Waals surface area contributed by atoms with Crippen LogP contribution in [0.2, 0.25) is 0 Å². The molecule has 0 fully saturated rings. The minimum absolute atomic E-state index is 0.245. The van der Waals surface area contributed by atoms with E-state index in [-0.39, 0.29) is 17.9 Å². The van der Waals surface area contributed by atoms with Crippen LogP contribution in [-0.4, -0.2) is 35.9 Å². The second kappa shape index (κ2) is 8.81. The smallest absolute Gasteiger partial charge is 0.330 e. The predicted octanol–water partition coefficient (Wildman–Crippen LogP) is 1.00. The summed E-state index contributed by atoms with van der Waals surface area (Å²) in [7, 11) is 4.70. The van der Waals surface area contributed by atoms with Gasteiger partial charge in [0.15, 0.2) is 0 Å². The van der Waals surface area contributed by atoms with Crippen molar-refractivity contribution in [3.05, 3.63) is 51.3 Å². The Kier molecular flexibility index (Phi) is 6.50. The maximum Gasteiger partial charge on any atom is 0.330 e. The third-order valence-electron chi connectivity index (χ3n) is 3.92. The number of nitrogens with zero attached hydrogens (tertiary/aromatic N) is 3. The van der Waals surface area contributed by atoms with E-state index in [1.54, 1.807) is 20.4 Å². The predicted molar refractivity (Wildman–Crippen MR) is 101 cm³/mol. The molecule has 0 aliphatic carbocycles. The molecule has 0 saturated carbocycles. The molecule has 0 amide bonds. The molecule has 1 aromatic carbocycles. The molecule has 1 aromatic heterocycles. The zero-order chi connectivity index (χ0) is 19.1. The van der Waals surface area contributed by atoms with Crippen molar-refractivity contribution in [2.45, 2.75) is 6.92 Å². The molecule has 0 aliphatic heterocycles. The molecule has 0 N–H and O–H groups in total. The number of aryl methyl sites for hydroxylation is 1. The summed E-state index contributed by atoms with van der Waals surface area (Å²) in [5.74, 6) is 7.41. The fourth-order valence-corrected chi connectivity index (χ4v) is 2.37. The molecular weight excluding hydrogens is 334 g/mol. The highest BCUT2D eigenvalue weighted by molar-refractivity contribution is 5.43. The van der Waals surface area contributed by atoms with E-state index in [4.69, 9.17) is 9.47 Å². The molecule has 7 nitrogen and oxygen atoms in total. The highest BCUT2D eigenvalue weighted by Gasteiger charge is 2.12. The third-order valence-corrected chi connectivity index (χ3v) is 3.92. The van der Waals surface area contributed by atoms with Gasteiger partial charge in [0.2, 0.25) is 0 Å². The number of rotatable bonds is 6. The van der Waals surface area contributed by atoms with E-state index in [2.05, 4.69) is 11.8 Å². The van der Waals surface area contributed by atoms with Crippen molar-refractivity contribution < 1.29 is 9.47 Å². The van der Waals surface area contributed by atoms with Gasteiger partial charge in [0.1, 0.15) is 23.8 Å². The second-order valence-electron chi connectivity index (χ2n) is 5.60. The Balaban J connectivity index is 2.00. The highest BCUT2D eigenvalue weighted by Crippen LogP contribution is 2.16. The van der Waals surface area contributed by atoms with Crippen LogP contribution >= 0.6 is 0 Å².